The number of rotatable bonds is 4. The van der Waals surface area contributed by atoms with Gasteiger partial charge in [-0.15, -0.1) is 0 Å². The van der Waals surface area contributed by atoms with Crippen LogP contribution < -0.4 is 5.56 Å². The molecule has 1 aliphatic rings. The van der Waals surface area contributed by atoms with E-state index < -0.39 is 0 Å². The number of nitrogens with zero attached hydrogens (tertiary/aromatic N) is 4. The van der Waals surface area contributed by atoms with E-state index in [0.29, 0.717) is 17.8 Å². The Kier molecular flexibility index (Phi) is 4.64. The highest BCUT2D eigenvalue weighted by molar-refractivity contribution is 5.81. The molecule has 1 aromatic carbocycles. The summed E-state index contributed by atoms with van der Waals surface area (Å²) in [5, 5.41) is 7.12. The maximum absolute atomic E-state index is 12.7. The van der Waals surface area contributed by atoms with E-state index in [1.165, 1.54) is 0 Å². The first-order valence-electron chi connectivity index (χ1n) is 10.2. The fourth-order valence-corrected chi connectivity index (χ4v) is 4.35. The third kappa shape index (κ3) is 3.44. The molecule has 4 heterocycles. The lowest BCUT2D eigenvalue weighted by Gasteiger charge is -2.31. The summed E-state index contributed by atoms with van der Waals surface area (Å²) in [6.07, 6.45) is 5.72. The average Bonchev–Trinajstić information content (AvgIpc) is 3.18. The monoisotopic (exact) mass is 388 g/mol. The van der Waals surface area contributed by atoms with Crippen molar-refractivity contribution in [2.45, 2.75) is 32.2 Å². The topological polar surface area (TPSA) is 64.2 Å². The normalized spacial score (nSPS) is 16.0. The molecular weight excluding hydrogens is 364 g/mol. The molecule has 0 unspecified atom stereocenters. The van der Waals surface area contributed by atoms with Gasteiger partial charge in [0.05, 0.1) is 11.1 Å². The quantitative estimate of drug-likeness (QED) is 0.533. The molecule has 4 aromatic rings. The Morgan fingerprint density at radius 1 is 1.10 bits per heavy atom. The van der Waals surface area contributed by atoms with Crippen LogP contribution in [-0.4, -0.2) is 39.2 Å². The van der Waals surface area contributed by atoms with Gasteiger partial charge < -0.3 is 14.0 Å². The van der Waals surface area contributed by atoms with Crippen LogP contribution in [0.4, 0.5) is 0 Å². The number of hydrogen-bond acceptors (Lipinski definition) is 5. The van der Waals surface area contributed by atoms with Gasteiger partial charge in [-0.1, -0.05) is 17.3 Å². The van der Waals surface area contributed by atoms with E-state index >= 15 is 0 Å². The first-order valence-corrected chi connectivity index (χ1v) is 10.2. The van der Waals surface area contributed by atoms with Crippen LogP contribution in [0.2, 0.25) is 0 Å². The molecule has 1 saturated heterocycles. The fraction of sp³-hybridized carbons (Fsp3) is 0.348. The third-order valence-electron chi connectivity index (χ3n) is 6.03. The number of pyridine rings is 2. The predicted octanol–water partition coefficient (Wildman–Crippen LogP) is 3.73. The zero-order valence-corrected chi connectivity index (χ0v) is 16.5. The van der Waals surface area contributed by atoms with Crippen LogP contribution in [0.3, 0.4) is 0 Å². The molecule has 3 aromatic heterocycles. The predicted molar refractivity (Wildman–Crippen MR) is 113 cm³/mol. The summed E-state index contributed by atoms with van der Waals surface area (Å²) in [7, 11) is 0. The van der Waals surface area contributed by atoms with Crippen LogP contribution in [0.25, 0.3) is 21.7 Å². The maximum atomic E-state index is 12.7. The molecular formula is C23H24N4O2. The van der Waals surface area contributed by atoms with E-state index in [9.17, 15) is 4.79 Å². The molecule has 148 valence electrons. The molecule has 0 spiro atoms. The second kappa shape index (κ2) is 7.44. The van der Waals surface area contributed by atoms with Gasteiger partial charge in [-0.2, -0.15) is 0 Å². The first kappa shape index (κ1) is 18.1. The summed E-state index contributed by atoms with van der Waals surface area (Å²) in [6, 6.07) is 12.0. The number of benzene rings is 1. The van der Waals surface area contributed by atoms with Gasteiger partial charge in [0, 0.05) is 42.5 Å². The molecule has 0 radical (unpaired) electrons. The lowest BCUT2D eigenvalue weighted by atomic mass is 9.91. The van der Waals surface area contributed by atoms with Gasteiger partial charge in [0.15, 0.2) is 5.58 Å². The van der Waals surface area contributed by atoms with Crippen LogP contribution >= 0.6 is 0 Å². The second-order valence-electron chi connectivity index (χ2n) is 7.91. The smallest absolute Gasteiger partial charge is 0.260 e. The summed E-state index contributed by atoms with van der Waals surface area (Å²) >= 11 is 0. The van der Waals surface area contributed by atoms with E-state index in [4.69, 9.17) is 4.52 Å². The molecule has 0 atom stereocenters. The molecule has 0 aliphatic carbocycles. The molecule has 0 saturated carbocycles. The number of fused-ring (bicyclic) bond motifs is 2. The molecule has 6 nitrogen and oxygen atoms in total. The van der Waals surface area contributed by atoms with Crippen molar-refractivity contribution in [3.8, 4) is 0 Å². The highest BCUT2D eigenvalue weighted by Crippen LogP contribution is 2.32. The Balaban J connectivity index is 1.23. The van der Waals surface area contributed by atoms with Crippen LogP contribution in [0.1, 0.15) is 30.1 Å². The molecule has 5 rings (SSSR count). The highest BCUT2D eigenvalue weighted by atomic mass is 16.5. The minimum atomic E-state index is 0.0407. The van der Waals surface area contributed by atoms with Gasteiger partial charge in [0.2, 0.25) is 0 Å². The summed E-state index contributed by atoms with van der Waals surface area (Å²) in [6.45, 7) is 5.53. The van der Waals surface area contributed by atoms with Crippen molar-refractivity contribution in [1.82, 2.24) is 19.6 Å². The summed E-state index contributed by atoms with van der Waals surface area (Å²) in [5.74, 6) is 0.438. The minimum absolute atomic E-state index is 0.0407. The highest BCUT2D eigenvalue weighted by Gasteiger charge is 2.24. The van der Waals surface area contributed by atoms with Crippen LogP contribution in [0.5, 0.6) is 0 Å². The Bertz CT molecular complexity index is 1220. The SMILES string of the molecule is Cc1cc2ccn(CCN3CCC(c4noc5ccccc45)CC3)c(=O)c2cn1. The van der Waals surface area contributed by atoms with Gasteiger partial charge in [-0.3, -0.25) is 9.78 Å². The van der Waals surface area contributed by atoms with E-state index in [1.807, 2.05) is 43.5 Å². The van der Waals surface area contributed by atoms with Crippen molar-refractivity contribution in [3.05, 3.63) is 70.5 Å². The molecule has 29 heavy (non-hydrogen) atoms. The van der Waals surface area contributed by atoms with E-state index in [2.05, 4.69) is 21.1 Å². The molecule has 0 bridgehead atoms. The molecule has 1 fully saturated rings. The second-order valence-corrected chi connectivity index (χ2v) is 7.91. The Morgan fingerprint density at radius 3 is 2.79 bits per heavy atom. The van der Waals surface area contributed by atoms with Gasteiger partial charge >= 0.3 is 0 Å². The van der Waals surface area contributed by atoms with Crippen LogP contribution in [-0.2, 0) is 6.54 Å². The third-order valence-corrected chi connectivity index (χ3v) is 6.03. The van der Waals surface area contributed by atoms with Crippen molar-refractivity contribution in [2.75, 3.05) is 19.6 Å². The average molecular weight is 388 g/mol. The van der Waals surface area contributed by atoms with Gasteiger partial charge in [0.25, 0.3) is 5.56 Å². The van der Waals surface area contributed by atoms with Crippen LogP contribution in [0, 0.1) is 6.92 Å². The van der Waals surface area contributed by atoms with Gasteiger partial charge in [-0.05, 0) is 62.5 Å². The zero-order valence-electron chi connectivity index (χ0n) is 16.5. The summed E-state index contributed by atoms with van der Waals surface area (Å²) in [4.78, 5) is 19.4. The Morgan fingerprint density at radius 2 is 1.93 bits per heavy atom. The Labute approximate surface area is 168 Å². The van der Waals surface area contributed by atoms with Crippen molar-refractivity contribution < 1.29 is 4.52 Å². The van der Waals surface area contributed by atoms with E-state index in [1.54, 1.807) is 10.8 Å². The number of aryl methyl sites for hydroxylation is 1. The van der Waals surface area contributed by atoms with E-state index in [-0.39, 0.29) is 5.56 Å². The number of para-hydroxylation sites is 1. The molecule has 1 aliphatic heterocycles. The fourth-order valence-electron chi connectivity index (χ4n) is 4.35. The van der Waals surface area contributed by atoms with Gasteiger partial charge in [0.1, 0.15) is 0 Å². The van der Waals surface area contributed by atoms with Gasteiger partial charge in [-0.25, -0.2) is 0 Å². The van der Waals surface area contributed by atoms with E-state index in [0.717, 1.165) is 60.2 Å². The summed E-state index contributed by atoms with van der Waals surface area (Å²) < 4.78 is 7.29. The standard InChI is InChI=1S/C23H24N4O2/c1-16-14-18-8-11-27(23(28)20(18)15-24-16)13-12-26-9-6-17(7-10-26)22-19-4-2-3-5-21(19)29-25-22/h2-5,8,11,14-15,17H,6-7,9-10,12-13H2,1H3. The molecule has 0 N–H and O–H groups in total. The van der Waals surface area contributed by atoms with Crippen molar-refractivity contribution in [3.63, 3.8) is 0 Å². The molecule has 0 amide bonds. The zero-order chi connectivity index (χ0) is 19.8. The van der Waals surface area contributed by atoms with Crippen molar-refractivity contribution in [2.24, 2.45) is 0 Å². The van der Waals surface area contributed by atoms with Crippen molar-refractivity contribution in [1.29, 1.82) is 0 Å². The molecule has 6 heteroatoms. The number of piperidine rings is 1. The first-order chi connectivity index (χ1) is 14.2. The minimum Gasteiger partial charge on any atom is -0.356 e. The number of likely N-dealkylation sites (tertiary alicyclic amines) is 1. The largest absolute Gasteiger partial charge is 0.356 e. The lowest BCUT2D eigenvalue weighted by Crippen LogP contribution is -2.36. The Hall–Kier alpha value is -2.99. The lowest BCUT2D eigenvalue weighted by molar-refractivity contribution is 0.202. The number of aromatic nitrogens is 3. The summed E-state index contributed by atoms with van der Waals surface area (Å²) in [5.41, 5.74) is 2.93. The van der Waals surface area contributed by atoms with Crippen molar-refractivity contribution >= 4 is 21.7 Å². The van der Waals surface area contributed by atoms with Crippen LogP contribution in [0.15, 0.2) is 58.1 Å². The maximum Gasteiger partial charge on any atom is 0.260 e. The number of hydrogen-bond donors (Lipinski definition) is 0.